The molecule has 0 rings (SSSR count). The van der Waals surface area contributed by atoms with E-state index < -0.39 is 5.97 Å². The van der Waals surface area contributed by atoms with Gasteiger partial charge in [-0.1, -0.05) is 13.3 Å². The van der Waals surface area contributed by atoms with Gasteiger partial charge in [0.15, 0.2) is 0 Å². The summed E-state index contributed by atoms with van der Waals surface area (Å²) in [4.78, 5) is 23.0. The monoisotopic (exact) mass is 155 g/mol. The van der Waals surface area contributed by atoms with Crippen LogP contribution in [0.4, 0.5) is 0 Å². The minimum absolute atomic E-state index is 0.135. The van der Waals surface area contributed by atoms with Crippen molar-refractivity contribution in [1.82, 2.24) is 0 Å². The van der Waals surface area contributed by atoms with Crippen molar-refractivity contribution in [2.24, 2.45) is 4.99 Å². The van der Waals surface area contributed by atoms with Gasteiger partial charge in [-0.15, -0.1) is 0 Å². The molecule has 0 spiro atoms. The maximum Gasteiger partial charge on any atom is 0.333 e. The van der Waals surface area contributed by atoms with Gasteiger partial charge in [-0.25, -0.2) is 9.59 Å². The first-order valence-corrected chi connectivity index (χ1v) is 3.21. The predicted octanol–water partition coefficient (Wildman–Crippen LogP) is 1.09. The molecule has 0 aromatic rings. The van der Waals surface area contributed by atoms with E-state index in [0.717, 1.165) is 6.20 Å². The second-order valence-electron chi connectivity index (χ2n) is 1.93. The zero-order chi connectivity index (χ0) is 8.69. The molecule has 0 unspecified atom stereocenters. The van der Waals surface area contributed by atoms with E-state index in [9.17, 15) is 9.59 Å². The normalized spacial score (nSPS) is 10.5. The fraction of sp³-hybridized carbons (Fsp3) is 0.429. The second-order valence-corrected chi connectivity index (χ2v) is 1.93. The maximum absolute atomic E-state index is 10.3. The number of carbonyl (C=O) groups excluding carboxylic acids is 1. The molecule has 11 heavy (non-hydrogen) atoms. The zero-order valence-electron chi connectivity index (χ0n) is 6.20. The Morgan fingerprint density at radius 1 is 1.73 bits per heavy atom. The van der Waals surface area contributed by atoms with Gasteiger partial charge in [0.25, 0.3) is 0 Å². The third-order valence-corrected chi connectivity index (χ3v) is 1.07. The van der Waals surface area contributed by atoms with E-state index in [1.807, 2.05) is 6.92 Å². The van der Waals surface area contributed by atoms with Gasteiger partial charge in [0.05, 0.1) is 11.8 Å². The Balaban J connectivity index is 4.31. The summed E-state index contributed by atoms with van der Waals surface area (Å²) in [5, 5.41) is 8.47. The lowest BCUT2D eigenvalue weighted by Crippen LogP contribution is -1.99. The number of aliphatic imine (C=N–C) groups is 1. The zero-order valence-corrected chi connectivity index (χ0v) is 6.20. The quantitative estimate of drug-likeness (QED) is 0.375. The first-order chi connectivity index (χ1) is 5.22. The fourth-order valence-electron chi connectivity index (χ4n) is 0.600. The molecule has 60 valence electrons. The van der Waals surface area contributed by atoms with Gasteiger partial charge in [0.2, 0.25) is 6.08 Å². The van der Waals surface area contributed by atoms with Gasteiger partial charge in [-0.05, 0) is 6.42 Å². The van der Waals surface area contributed by atoms with E-state index in [-0.39, 0.29) is 5.57 Å². The molecule has 4 nitrogen and oxygen atoms in total. The van der Waals surface area contributed by atoms with Crippen molar-refractivity contribution >= 4 is 12.0 Å². The second kappa shape index (κ2) is 5.38. The molecular weight excluding hydrogens is 146 g/mol. The SMILES string of the molecule is CCCC(=CN=C=O)C(=O)O. The summed E-state index contributed by atoms with van der Waals surface area (Å²) < 4.78 is 0. The van der Waals surface area contributed by atoms with Crippen LogP contribution in [0.5, 0.6) is 0 Å². The van der Waals surface area contributed by atoms with Crippen molar-refractivity contribution in [3.63, 3.8) is 0 Å². The summed E-state index contributed by atoms with van der Waals surface area (Å²) in [7, 11) is 0. The van der Waals surface area contributed by atoms with E-state index in [0.29, 0.717) is 12.8 Å². The van der Waals surface area contributed by atoms with Crippen LogP contribution in [0.3, 0.4) is 0 Å². The Morgan fingerprint density at radius 2 is 2.36 bits per heavy atom. The Hall–Kier alpha value is -1.41. The molecule has 0 aromatic heterocycles. The molecule has 0 amide bonds. The van der Waals surface area contributed by atoms with Gasteiger partial charge in [-0.2, -0.15) is 4.99 Å². The molecule has 0 saturated carbocycles. The number of carboxylic acids is 1. The summed E-state index contributed by atoms with van der Waals surface area (Å²) in [5.41, 5.74) is 0.135. The van der Waals surface area contributed by atoms with Crippen molar-refractivity contribution in [1.29, 1.82) is 0 Å². The van der Waals surface area contributed by atoms with Crippen LogP contribution in [0.1, 0.15) is 19.8 Å². The molecule has 0 aliphatic heterocycles. The van der Waals surface area contributed by atoms with Crippen LogP contribution in [-0.4, -0.2) is 17.2 Å². The topological polar surface area (TPSA) is 66.7 Å². The van der Waals surface area contributed by atoms with Gasteiger partial charge >= 0.3 is 5.97 Å². The Morgan fingerprint density at radius 3 is 2.73 bits per heavy atom. The van der Waals surface area contributed by atoms with Crippen LogP contribution in [-0.2, 0) is 9.59 Å². The lowest BCUT2D eigenvalue weighted by atomic mass is 10.2. The number of nitrogens with zero attached hydrogens (tertiary/aromatic N) is 1. The minimum atomic E-state index is -1.04. The Kier molecular flexibility index (Phi) is 4.69. The lowest BCUT2D eigenvalue weighted by molar-refractivity contribution is -0.132. The number of rotatable bonds is 4. The van der Waals surface area contributed by atoms with Crippen molar-refractivity contribution in [3.8, 4) is 0 Å². The smallest absolute Gasteiger partial charge is 0.333 e. The summed E-state index contributed by atoms with van der Waals surface area (Å²) >= 11 is 0. The maximum atomic E-state index is 10.3. The fourth-order valence-corrected chi connectivity index (χ4v) is 0.600. The third-order valence-electron chi connectivity index (χ3n) is 1.07. The molecule has 0 heterocycles. The standard InChI is InChI=1S/C7H9NO3/c1-2-3-6(7(10)11)4-8-5-9/h4H,2-3H2,1H3,(H,10,11). The third kappa shape index (κ3) is 4.06. The molecule has 0 aliphatic rings. The molecule has 4 heteroatoms. The molecule has 0 aliphatic carbocycles. The van der Waals surface area contributed by atoms with Crippen molar-refractivity contribution in [2.45, 2.75) is 19.8 Å². The molecule has 0 aromatic carbocycles. The number of aliphatic carboxylic acids is 1. The number of hydrogen-bond acceptors (Lipinski definition) is 3. The van der Waals surface area contributed by atoms with Crippen molar-refractivity contribution in [3.05, 3.63) is 11.8 Å². The molecular formula is C7H9NO3. The highest BCUT2D eigenvalue weighted by molar-refractivity contribution is 5.86. The van der Waals surface area contributed by atoms with E-state index in [4.69, 9.17) is 5.11 Å². The van der Waals surface area contributed by atoms with E-state index in [2.05, 4.69) is 4.99 Å². The number of carboxylic acid groups (broad SMARTS) is 1. The highest BCUT2D eigenvalue weighted by Gasteiger charge is 2.03. The first-order valence-electron chi connectivity index (χ1n) is 3.21. The van der Waals surface area contributed by atoms with E-state index in [1.54, 1.807) is 0 Å². The van der Waals surface area contributed by atoms with Crippen LogP contribution in [0.15, 0.2) is 16.8 Å². The number of isocyanates is 1. The molecule has 0 radical (unpaired) electrons. The number of hydrogen-bond donors (Lipinski definition) is 1. The van der Waals surface area contributed by atoms with Crippen LogP contribution < -0.4 is 0 Å². The summed E-state index contributed by atoms with van der Waals surface area (Å²) in [6.07, 6.45) is 3.41. The van der Waals surface area contributed by atoms with E-state index >= 15 is 0 Å². The van der Waals surface area contributed by atoms with Crippen molar-refractivity contribution < 1.29 is 14.7 Å². The van der Waals surface area contributed by atoms with Gasteiger partial charge in [0.1, 0.15) is 0 Å². The minimum Gasteiger partial charge on any atom is -0.478 e. The van der Waals surface area contributed by atoms with Gasteiger partial charge in [-0.3, -0.25) is 0 Å². The van der Waals surface area contributed by atoms with Crippen LogP contribution >= 0.6 is 0 Å². The molecule has 0 fully saturated rings. The lowest BCUT2D eigenvalue weighted by Gasteiger charge is -1.94. The molecule has 1 N–H and O–H groups in total. The largest absolute Gasteiger partial charge is 0.478 e. The average Bonchev–Trinajstić information content (AvgIpc) is 1.97. The molecule has 0 saturated heterocycles. The van der Waals surface area contributed by atoms with Crippen molar-refractivity contribution in [2.75, 3.05) is 0 Å². The summed E-state index contributed by atoms with van der Waals surface area (Å²) in [5.74, 6) is -1.04. The number of carbonyl (C=O) groups is 1. The van der Waals surface area contributed by atoms with E-state index in [1.165, 1.54) is 6.08 Å². The highest BCUT2D eigenvalue weighted by Crippen LogP contribution is 2.04. The van der Waals surface area contributed by atoms with Crippen LogP contribution in [0.25, 0.3) is 0 Å². The summed E-state index contributed by atoms with van der Waals surface area (Å²) in [6.45, 7) is 1.85. The molecule has 0 atom stereocenters. The van der Waals surface area contributed by atoms with Crippen LogP contribution in [0, 0.1) is 0 Å². The first kappa shape index (κ1) is 9.59. The highest BCUT2D eigenvalue weighted by atomic mass is 16.4. The Labute approximate surface area is 64.3 Å². The predicted molar refractivity (Wildman–Crippen MR) is 38.7 cm³/mol. The summed E-state index contributed by atoms with van der Waals surface area (Å²) in [6, 6.07) is 0. The molecule has 0 bridgehead atoms. The van der Waals surface area contributed by atoms with Crippen LogP contribution in [0.2, 0.25) is 0 Å². The van der Waals surface area contributed by atoms with Gasteiger partial charge in [0, 0.05) is 0 Å². The Bertz CT molecular complexity index is 214. The average molecular weight is 155 g/mol. The van der Waals surface area contributed by atoms with Gasteiger partial charge < -0.3 is 5.11 Å².